The first kappa shape index (κ1) is 14.0. The molecule has 2 nitrogen and oxygen atoms in total. The topological polar surface area (TPSA) is 29.3 Å². The SMILES string of the molecule is CC(C)CC(C)N(C)C(CN)C1CCCC1. The van der Waals surface area contributed by atoms with Crippen LogP contribution < -0.4 is 5.73 Å². The molecule has 0 saturated heterocycles. The van der Waals surface area contributed by atoms with Gasteiger partial charge < -0.3 is 5.73 Å². The molecule has 2 heteroatoms. The van der Waals surface area contributed by atoms with Crippen molar-refractivity contribution in [2.75, 3.05) is 13.6 Å². The minimum Gasteiger partial charge on any atom is -0.329 e. The van der Waals surface area contributed by atoms with Crippen molar-refractivity contribution in [2.45, 2.75) is 65.0 Å². The van der Waals surface area contributed by atoms with Crippen LogP contribution in [0.4, 0.5) is 0 Å². The lowest BCUT2D eigenvalue weighted by Gasteiger charge is -2.37. The second-order valence-electron chi connectivity index (χ2n) is 5.99. The molecular formula is C14H30N2. The van der Waals surface area contributed by atoms with Crippen LogP contribution >= 0.6 is 0 Å². The summed E-state index contributed by atoms with van der Waals surface area (Å²) < 4.78 is 0. The van der Waals surface area contributed by atoms with Crippen LogP contribution in [0.15, 0.2) is 0 Å². The molecule has 0 amide bonds. The average Bonchev–Trinajstić information content (AvgIpc) is 2.71. The fourth-order valence-corrected chi connectivity index (χ4v) is 3.21. The summed E-state index contributed by atoms with van der Waals surface area (Å²) >= 11 is 0. The van der Waals surface area contributed by atoms with Crippen LogP contribution in [0, 0.1) is 11.8 Å². The van der Waals surface area contributed by atoms with Crippen LogP contribution in [0.2, 0.25) is 0 Å². The molecule has 2 unspecified atom stereocenters. The molecular weight excluding hydrogens is 196 g/mol. The molecule has 0 bridgehead atoms. The Kier molecular flexibility index (Phi) is 5.77. The van der Waals surface area contributed by atoms with Crippen LogP contribution in [0.3, 0.4) is 0 Å². The standard InChI is InChI=1S/C14H30N2/c1-11(2)9-12(3)16(4)14(10-15)13-7-5-6-8-13/h11-14H,5-10,15H2,1-4H3. The van der Waals surface area contributed by atoms with Gasteiger partial charge in [0.05, 0.1) is 0 Å². The highest BCUT2D eigenvalue weighted by Gasteiger charge is 2.29. The summed E-state index contributed by atoms with van der Waals surface area (Å²) in [6, 6.07) is 1.27. The molecule has 2 atom stereocenters. The summed E-state index contributed by atoms with van der Waals surface area (Å²) in [5.74, 6) is 1.63. The summed E-state index contributed by atoms with van der Waals surface area (Å²) in [4.78, 5) is 2.54. The van der Waals surface area contributed by atoms with Crippen molar-refractivity contribution in [1.82, 2.24) is 4.90 Å². The molecule has 0 heterocycles. The van der Waals surface area contributed by atoms with Crippen molar-refractivity contribution >= 4 is 0 Å². The van der Waals surface area contributed by atoms with Gasteiger partial charge in [-0.2, -0.15) is 0 Å². The van der Waals surface area contributed by atoms with E-state index in [1.54, 1.807) is 0 Å². The van der Waals surface area contributed by atoms with E-state index in [4.69, 9.17) is 5.73 Å². The Labute approximate surface area is 102 Å². The van der Waals surface area contributed by atoms with Gasteiger partial charge >= 0.3 is 0 Å². The molecule has 16 heavy (non-hydrogen) atoms. The van der Waals surface area contributed by atoms with Crippen molar-refractivity contribution in [3.63, 3.8) is 0 Å². The third-order valence-electron chi connectivity index (χ3n) is 4.22. The fourth-order valence-electron chi connectivity index (χ4n) is 3.21. The first-order chi connectivity index (χ1) is 7.56. The molecule has 1 rings (SSSR count). The zero-order chi connectivity index (χ0) is 12.1. The molecule has 0 aromatic carbocycles. The van der Waals surface area contributed by atoms with Crippen LogP contribution in [0.1, 0.15) is 52.9 Å². The molecule has 1 saturated carbocycles. The lowest BCUT2D eigenvalue weighted by molar-refractivity contribution is 0.124. The quantitative estimate of drug-likeness (QED) is 0.754. The van der Waals surface area contributed by atoms with Crippen LogP contribution in [0.5, 0.6) is 0 Å². The number of likely N-dealkylation sites (N-methyl/N-ethyl adjacent to an activating group) is 1. The lowest BCUT2D eigenvalue weighted by atomic mass is 9.94. The van der Waals surface area contributed by atoms with Crippen LogP contribution in [-0.4, -0.2) is 30.6 Å². The van der Waals surface area contributed by atoms with Crippen molar-refractivity contribution in [3.8, 4) is 0 Å². The summed E-state index contributed by atoms with van der Waals surface area (Å²) in [5.41, 5.74) is 5.98. The Balaban J connectivity index is 2.50. The number of hydrogen-bond acceptors (Lipinski definition) is 2. The molecule has 0 spiro atoms. The molecule has 2 N–H and O–H groups in total. The second-order valence-corrected chi connectivity index (χ2v) is 5.99. The number of rotatable bonds is 6. The third kappa shape index (κ3) is 3.74. The predicted octanol–water partition coefficient (Wildman–Crippen LogP) is 2.87. The maximum Gasteiger partial charge on any atom is 0.0246 e. The molecule has 0 radical (unpaired) electrons. The molecule has 1 fully saturated rings. The third-order valence-corrected chi connectivity index (χ3v) is 4.22. The van der Waals surface area contributed by atoms with Gasteiger partial charge in [0, 0.05) is 18.6 Å². The Morgan fingerprint density at radius 3 is 2.19 bits per heavy atom. The first-order valence-corrected chi connectivity index (χ1v) is 6.98. The number of hydrogen-bond donors (Lipinski definition) is 1. The van der Waals surface area contributed by atoms with Gasteiger partial charge in [0.1, 0.15) is 0 Å². The highest BCUT2D eigenvalue weighted by Crippen LogP contribution is 2.30. The summed E-state index contributed by atoms with van der Waals surface area (Å²) in [7, 11) is 2.27. The Morgan fingerprint density at radius 2 is 1.75 bits per heavy atom. The van der Waals surface area contributed by atoms with Crippen molar-refractivity contribution in [1.29, 1.82) is 0 Å². The smallest absolute Gasteiger partial charge is 0.0246 e. The first-order valence-electron chi connectivity index (χ1n) is 6.98. The maximum atomic E-state index is 5.98. The van der Waals surface area contributed by atoms with E-state index in [1.807, 2.05) is 0 Å². The molecule has 96 valence electrons. The molecule has 0 aromatic heterocycles. The van der Waals surface area contributed by atoms with Gasteiger partial charge in [-0.15, -0.1) is 0 Å². The molecule has 1 aliphatic rings. The Morgan fingerprint density at radius 1 is 1.19 bits per heavy atom. The lowest BCUT2D eigenvalue weighted by Crippen LogP contribution is -2.47. The van der Waals surface area contributed by atoms with Gasteiger partial charge in [-0.05, 0) is 45.1 Å². The molecule has 0 aromatic rings. The summed E-state index contributed by atoms with van der Waals surface area (Å²) in [6.45, 7) is 7.77. The maximum absolute atomic E-state index is 5.98. The summed E-state index contributed by atoms with van der Waals surface area (Å²) in [6.07, 6.45) is 6.88. The van der Waals surface area contributed by atoms with E-state index < -0.39 is 0 Å². The van der Waals surface area contributed by atoms with E-state index in [2.05, 4.69) is 32.7 Å². The molecule has 1 aliphatic carbocycles. The second kappa shape index (κ2) is 6.61. The normalized spacial score (nSPS) is 21.9. The Hall–Kier alpha value is -0.0800. The molecule has 0 aliphatic heterocycles. The van der Waals surface area contributed by atoms with Gasteiger partial charge in [-0.25, -0.2) is 0 Å². The van der Waals surface area contributed by atoms with Crippen LogP contribution in [0.25, 0.3) is 0 Å². The van der Waals surface area contributed by atoms with Crippen molar-refractivity contribution < 1.29 is 0 Å². The number of nitrogens with zero attached hydrogens (tertiary/aromatic N) is 1. The van der Waals surface area contributed by atoms with Gasteiger partial charge in [-0.3, -0.25) is 4.90 Å². The Bertz CT molecular complexity index is 185. The monoisotopic (exact) mass is 226 g/mol. The van der Waals surface area contributed by atoms with Gasteiger partial charge in [-0.1, -0.05) is 26.7 Å². The van der Waals surface area contributed by atoms with E-state index in [0.29, 0.717) is 12.1 Å². The average molecular weight is 226 g/mol. The number of nitrogens with two attached hydrogens (primary N) is 1. The zero-order valence-electron chi connectivity index (χ0n) is 11.6. The van der Waals surface area contributed by atoms with Crippen LogP contribution in [-0.2, 0) is 0 Å². The van der Waals surface area contributed by atoms with Gasteiger partial charge in [0.15, 0.2) is 0 Å². The van der Waals surface area contributed by atoms with Gasteiger partial charge in [0.25, 0.3) is 0 Å². The minimum absolute atomic E-state index is 0.608. The largest absolute Gasteiger partial charge is 0.329 e. The van der Waals surface area contributed by atoms with E-state index in [0.717, 1.165) is 18.4 Å². The minimum atomic E-state index is 0.608. The van der Waals surface area contributed by atoms with Crippen molar-refractivity contribution in [2.24, 2.45) is 17.6 Å². The van der Waals surface area contributed by atoms with E-state index in [1.165, 1.54) is 32.1 Å². The zero-order valence-corrected chi connectivity index (χ0v) is 11.6. The highest BCUT2D eigenvalue weighted by atomic mass is 15.2. The fraction of sp³-hybridized carbons (Fsp3) is 1.00. The van der Waals surface area contributed by atoms with E-state index in [-0.39, 0.29) is 0 Å². The summed E-state index contributed by atoms with van der Waals surface area (Å²) in [5, 5.41) is 0. The van der Waals surface area contributed by atoms with Gasteiger partial charge in [0.2, 0.25) is 0 Å². The van der Waals surface area contributed by atoms with E-state index >= 15 is 0 Å². The highest BCUT2D eigenvalue weighted by molar-refractivity contribution is 4.84. The van der Waals surface area contributed by atoms with E-state index in [9.17, 15) is 0 Å². The van der Waals surface area contributed by atoms with Crippen molar-refractivity contribution in [3.05, 3.63) is 0 Å². The predicted molar refractivity (Wildman–Crippen MR) is 71.5 cm³/mol.